The zero-order chi connectivity index (χ0) is 13.0. The Balaban J connectivity index is 1.54. The van der Waals surface area contributed by atoms with E-state index >= 15 is 0 Å². The molecule has 5 heteroatoms. The minimum atomic E-state index is -0.797. The van der Waals surface area contributed by atoms with E-state index in [2.05, 4.69) is 5.32 Å². The van der Waals surface area contributed by atoms with Crippen LogP contribution in [0.5, 0.6) is 0 Å². The standard InChI is InChI=1S/C13H21NO4/c15-12(3-1-2-4-13(16)17)14-8-9-7-10-5-6-11(9)18-10/h9-11H,1-8H2,(H,14,15)(H,16,17). The number of fused-ring (bicyclic) bond motifs is 2. The predicted octanol–water partition coefficient (Wildman–Crippen LogP) is 1.32. The summed E-state index contributed by atoms with van der Waals surface area (Å²) in [5, 5.41) is 11.4. The second-order valence-corrected chi connectivity index (χ2v) is 5.27. The molecule has 2 heterocycles. The van der Waals surface area contributed by atoms with Crippen LogP contribution >= 0.6 is 0 Å². The molecule has 0 aromatic heterocycles. The highest BCUT2D eigenvalue weighted by Crippen LogP contribution is 2.38. The summed E-state index contributed by atoms with van der Waals surface area (Å²) in [6, 6.07) is 0. The lowest BCUT2D eigenvalue weighted by Crippen LogP contribution is -2.33. The van der Waals surface area contributed by atoms with Crippen molar-refractivity contribution in [2.45, 2.75) is 57.2 Å². The van der Waals surface area contributed by atoms with E-state index in [0.29, 0.717) is 43.9 Å². The number of hydrogen-bond donors (Lipinski definition) is 2. The Morgan fingerprint density at radius 2 is 2.00 bits per heavy atom. The molecule has 3 unspecified atom stereocenters. The van der Waals surface area contributed by atoms with Crippen molar-refractivity contribution in [3.05, 3.63) is 0 Å². The molecule has 2 fully saturated rings. The molecule has 2 rings (SSSR count). The highest BCUT2D eigenvalue weighted by Gasteiger charge is 2.40. The van der Waals surface area contributed by atoms with Gasteiger partial charge < -0.3 is 15.2 Å². The summed E-state index contributed by atoms with van der Waals surface area (Å²) in [5.41, 5.74) is 0. The number of carboxylic acid groups (broad SMARTS) is 1. The lowest BCUT2D eigenvalue weighted by atomic mass is 9.89. The maximum Gasteiger partial charge on any atom is 0.303 e. The molecule has 3 atom stereocenters. The predicted molar refractivity (Wildman–Crippen MR) is 65.1 cm³/mol. The Morgan fingerprint density at radius 1 is 1.22 bits per heavy atom. The smallest absolute Gasteiger partial charge is 0.303 e. The summed E-state index contributed by atoms with van der Waals surface area (Å²) in [4.78, 5) is 21.9. The SMILES string of the molecule is O=C(O)CCCCC(=O)NCC1CC2CCC1O2. The minimum absolute atomic E-state index is 0.0307. The molecular weight excluding hydrogens is 234 g/mol. The van der Waals surface area contributed by atoms with Gasteiger partial charge in [0.2, 0.25) is 5.91 Å². The number of nitrogens with one attached hydrogen (secondary N) is 1. The number of rotatable bonds is 7. The van der Waals surface area contributed by atoms with Gasteiger partial charge in [-0.1, -0.05) is 0 Å². The van der Waals surface area contributed by atoms with Crippen molar-refractivity contribution in [1.82, 2.24) is 5.32 Å². The van der Waals surface area contributed by atoms with Crippen LogP contribution in [0.25, 0.3) is 0 Å². The average molecular weight is 255 g/mol. The first kappa shape index (κ1) is 13.3. The average Bonchev–Trinajstić information content (AvgIpc) is 2.93. The summed E-state index contributed by atoms with van der Waals surface area (Å²) in [6.45, 7) is 0.707. The van der Waals surface area contributed by atoms with Gasteiger partial charge in [0.15, 0.2) is 0 Å². The summed E-state index contributed by atoms with van der Waals surface area (Å²) >= 11 is 0. The summed E-state index contributed by atoms with van der Waals surface area (Å²) in [7, 11) is 0. The van der Waals surface area contributed by atoms with Crippen LogP contribution in [0.1, 0.15) is 44.9 Å². The summed E-state index contributed by atoms with van der Waals surface area (Å²) in [5.74, 6) is -0.288. The third kappa shape index (κ3) is 3.70. The van der Waals surface area contributed by atoms with Gasteiger partial charge in [-0.15, -0.1) is 0 Å². The van der Waals surface area contributed by atoms with Gasteiger partial charge in [-0.2, -0.15) is 0 Å². The highest BCUT2D eigenvalue weighted by atomic mass is 16.5. The van der Waals surface area contributed by atoms with Gasteiger partial charge in [0.25, 0.3) is 0 Å². The van der Waals surface area contributed by atoms with Crippen molar-refractivity contribution in [2.24, 2.45) is 5.92 Å². The molecule has 0 aromatic rings. The van der Waals surface area contributed by atoms with Gasteiger partial charge in [0.1, 0.15) is 0 Å². The zero-order valence-corrected chi connectivity index (χ0v) is 10.6. The quantitative estimate of drug-likeness (QED) is 0.673. The van der Waals surface area contributed by atoms with Crippen LogP contribution in [0.15, 0.2) is 0 Å². The molecule has 2 N–H and O–H groups in total. The van der Waals surface area contributed by atoms with Crippen LogP contribution in [0.2, 0.25) is 0 Å². The number of ether oxygens (including phenoxy) is 1. The van der Waals surface area contributed by atoms with E-state index in [0.717, 1.165) is 12.8 Å². The monoisotopic (exact) mass is 255 g/mol. The van der Waals surface area contributed by atoms with Gasteiger partial charge in [-0.05, 0) is 32.1 Å². The highest BCUT2D eigenvalue weighted by molar-refractivity contribution is 5.75. The van der Waals surface area contributed by atoms with Crippen LogP contribution in [-0.2, 0) is 14.3 Å². The lowest BCUT2D eigenvalue weighted by molar-refractivity contribution is -0.137. The summed E-state index contributed by atoms with van der Waals surface area (Å²) < 4.78 is 5.73. The molecular formula is C13H21NO4. The van der Waals surface area contributed by atoms with Gasteiger partial charge in [-0.25, -0.2) is 0 Å². The number of aliphatic carboxylic acids is 1. The van der Waals surface area contributed by atoms with Gasteiger partial charge in [0, 0.05) is 25.3 Å². The first-order chi connectivity index (χ1) is 8.65. The van der Waals surface area contributed by atoms with E-state index in [-0.39, 0.29) is 12.3 Å². The maximum absolute atomic E-state index is 11.6. The Labute approximate surface area is 107 Å². The number of carbonyl (C=O) groups excluding carboxylic acids is 1. The normalized spacial score (nSPS) is 29.4. The third-order valence-corrected chi connectivity index (χ3v) is 3.84. The minimum Gasteiger partial charge on any atom is -0.481 e. The number of carbonyl (C=O) groups is 2. The molecule has 5 nitrogen and oxygen atoms in total. The Hall–Kier alpha value is -1.10. The van der Waals surface area contributed by atoms with E-state index in [9.17, 15) is 9.59 Å². The molecule has 0 aliphatic carbocycles. The molecule has 0 spiro atoms. The van der Waals surface area contributed by atoms with Crippen molar-refractivity contribution >= 4 is 11.9 Å². The largest absolute Gasteiger partial charge is 0.481 e. The van der Waals surface area contributed by atoms with Crippen molar-refractivity contribution in [2.75, 3.05) is 6.54 Å². The van der Waals surface area contributed by atoms with Crippen LogP contribution < -0.4 is 5.32 Å². The van der Waals surface area contributed by atoms with Gasteiger partial charge in [-0.3, -0.25) is 9.59 Å². The van der Waals surface area contributed by atoms with Crippen molar-refractivity contribution in [3.8, 4) is 0 Å². The van der Waals surface area contributed by atoms with Crippen LogP contribution in [0.4, 0.5) is 0 Å². The molecule has 2 bridgehead atoms. The Morgan fingerprint density at radius 3 is 2.61 bits per heavy atom. The molecule has 2 aliphatic heterocycles. The molecule has 18 heavy (non-hydrogen) atoms. The molecule has 0 aromatic carbocycles. The van der Waals surface area contributed by atoms with Crippen molar-refractivity contribution < 1.29 is 19.4 Å². The maximum atomic E-state index is 11.6. The van der Waals surface area contributed by atoms with E-state index in [1.54, 1.807) is 0 Å². The zero-order valence-electron chi connectivity index (χ0n) is 10.6. The molecule has 0 saturated carbocycles. The Kier molecular flexibility index (Phi) is 4.58. The van der Waals surface area contributed by atoms with Crippen molar-refractivity contribution in [1.29, 1.82) is 0 Å². The Bertz CT molecular complexity index is 318. The first-order valence-corrected chi connectivity index (χ1v) is 6.79. The lowest BCUT2D eigenvalue weighted by Gasteiger charge is -2.18. The van der Waals surface area contributed by atoms with Crippen LogP contribution in [-0.4, -0.2) is 35.7 Å². The van der Waals surface area contributed by atoms with Crippen LogP contribution in [0.3, 0.4) is 0 Å². The van der Waals surface area contributed by atoms with E-state index in [4.69, 9.17) is 9.84 Å². The fourth-order valence-electron chi connectivity index (χ4n) is 2.85. The topological polar surface area (TPSA) is 75.6 Å². The molecule has 2 saturated heterocycles. The molecule has 0 radical (unpaired) electrons. The third-order valence-electron chi connectivity index (χ3n) is 3.84. The van der Waals surface area contributed by atoms with E-state index in [1.165, 1.54) is 6.42 Å². The van der Waals surface area contributed by atoms with Crippen LogP contribution in [0, 0.1) is 5.92 Å². The number of amides is 1. The van der Waals surface area contributed by atoms with E-state index in [1.807, 2.05) is 0 Å². The summed E-state index contributed by atoms with van der Waals surface area (Å²) in [6.07, 6.45) is 5.93. The fourth-order valence-corrected chi connectivity index (χ4v) is 2.85. The number of unbranched alkanes of at least 4 members (excludes halogenated alkanes) is 1. The number of carboxylic acids is 1. The first-order valence-electron chi connectivity index (χ1n) is 6.79. The van der Waals surface area contributed by atoms with E-state index < -0.39 is 5.97 Å². The second kappa shape index (κ2) is 6.18. The van der Waals surface area contributed by atoms with Crippen molar-refractivity contribution in [3.63, 3.8) is 0 Å². The molecule has 1 amide bonds. The second-order valence-electron chi connectivity index (χ2n) is 5.27. The van der Waals surface area contributed by atoms with Gasteiger partial charge >= 0.3 is 5.97 Å². The molecule has 2 aliphatic rings. The van der Waals surface area contributed by atoms with Gasteiger partial charge in [0.05, 0.1) is 12.2 Å². The number of hydrogen-bond acceptors (Lipinski definition) is 3. The molecule has 102 valence electrons. The fraction of sp³-hybridized carbons (Fsp3) is 0.846.